The van der Waals surface area contributed by atoms with Gasteiger partial charge >= 0.3 is 0 Å². The van der Waals surface area contributed by atoms with Crippen LogP contribution in [0.15, 0.2) is 9.21 Å². The summed E-state index contributed by atoms with van der Waals surface area (Å²) in [4.78, 5) is 26.4. The van der Waals surface area contributed by atoms with Crippen LogP contribution in [0.25, 0.3) is 10.8 Å². The minimum atomic E-state index is -0.400. The average molecular weight is 352 g/mol. The molecule has 0 aliphatic rings. The molecule has 1 amide bonds. The van der Waals surface area contributed by atoms with Crippen LogP contribution in [0.3, 0.4) is 0 Å². The second-order valence-corrected chi connectivity index (χ2v) is 5.69. The van der Waals surface area contributed by atoms with Crippen molar-refractivity contribution in [2.45, 2.75) is 13.8 Å². The Hall–Kier alpha value is -2.23. The number of aromatic amines is 1. The van der Waals surface area contributed by atoms with E-state index in [2.05, 4.69) is 15.5 Å². The van der Waals surface area contributed by atoms with Gasteiger partial charge in [-0.25, -0.2) is 5.10 Å². The summed E-state index contributed by atoms with van der Waals surface area (Å²) in [5.41, 5.74) is 0.238. The second kappa shape index (κ2) is 8.75. The molecule has 0 bridgehead atoms. The molecule has 0 radical (unpaired) electrons. The van der Waals surface area contributed by atoms with Gasteiger partial charge in [0.15, 0.2) is 0 Å². The Labute approximate surface area is 145 Å². The largest absolute Gasteiger partial charge is 0.444 e. The summed E-state index contributed by atoms with van der Waals surface area (Å²) in [6, 6.07) is 0. The molecule has 0 aliphatic carbocycles. The monoisotopic (exact) mass is 352 g/mol. The lowest BCUT2D eigenvalue weighted by Crippen LogP contribution is -2.37. The molecule has 138 valence electrons. The Bertz CT molecular complexity index is 775. The van der Waals surface area contributed by atoms with Crippen LogP contribution in [0.2, 0.25) is 0 Å². The van der Waals surface area contributed by atoms with Gasteiger partial charge in [-0.15, -0.1) is 0 Å². The van der Waals surface area contributed by atoms with Crippen molar-refractivity contribution < 1.29 is 18.7 Å². The third-order valence-electron chi connectivity index (χ3n) is 3.84. The molecule has 2 rings (SSSR count). The summed E-state index contributed by atoms with van der Waals surface area (Å²) < 4.78 is 15.7. The van der Waals surface area contributed by atoms with Crippen molar-refractivity contribution in [2.75, 3.05) is 52.4 Å². The average Bonchev–Trinajstić information content (AvgIpc) is 2.90. The first kappa shape index (κ1) is 19.1. The van der Waals surface area contributed by atoms with E-state index in [0.717, 1.165) is 0 Å². The number of methoxy groups -OCH3 is 2. The fourth-order valence-corrected chi connectivity index (χ4v) is 2.61. The van der Waals surface area contributed by atoms with Gasteiger partial charge < -0.3 is 13.9 Å². The summed E-state index contributed by atoms with van der Waals surface area (Å²) in [5.74, 6) is 0.399. The van der Waals surface area contributed by atoms with Crippen LogP contribution in [0.1, 0.15) is 11.5 Å². The number of anilines is 1. The van der Waals surface area contributed by atoms with Gasteiger partial charge in [0.2, 0.25) is 11.8 Å². The molecule has 2 aromatic rings. The minimum absolute atomic E-state index is 0.135. The maximum atomic E-state index is 12.4. The zero-order valence-electron chi connectivity index (χ0n) is 15.0. The van der Waals surface area contributed by atoms with Crippen LogP contribution in [0.4, 0.5) is 5.88 Å². The molecule has 0 saturated carbocycles. The van der Waals surface area contributed by atoms with Gasteiger partial charge in [-0.05, 0) is 13.8 Å². The number of carbonyl (C=O) groups is 1. The zero-order valence-corrected chi connectivity index (χ0v) is 15.0. The number of aryl methyl sites for hydroxylation is 2. The van der Waals surface area contributed by atoms with Crippen molar-refractivity contribution in [2.24, 2.45) is 0 Å². The molecule has 0 atom stereocenters. The van der Waals surface area contributed by atoms with E-state index in [1.165, 1.54) is 0 Å². The van der Waals surface area contributed by atoms with Crippen molar-refractivity contribution in [1.29, 1.82) is 0 Å². The van der Waals surface area contributed by atoms with Crippen molar-refractivity contribution in [3.8, 4) is 0 Å². The van der Waals surface area contributed by atoms with Gasteiger partial charge in [-0.1, -0.05) is 0 Å². The van der Waals surface area contributed by atoms with Gasteiger partial charge in [0, 0.05) is 27.3 Å². The molecule has 0 unspecified atom stereocenters. The Morgan fingerprint density at radius 3 is 2.44 bits per heavy atom. The number of furan rings is 1. The molecule has 0 aliphatic heterocycles. The summed E-state index contributed by atoms with van der Waals surface area (Å²) in [6.45, 7) is 5.83. The number of hydrogen-bond donors (Lipinski definition) is 2. The van der Waals surface area contributed by atoms with Gasteiger partial charge in [0.1, 0.15) is 11.1 Å². The van der Waals surface area contributed by atoms with Crippen LogP contribution in [-0.4, -0.2) is 68.1 Å². The summed E-state index contributed by atoms with van der Waals surface area (Å²) >= 11 is 0. The van der Waals surface area contributed by atoms with Crippen LogP contribution in [-0.2, 0) is 14.3 Å². The second-order valence-electron chi connectivity index (χ2n) is 5.69. The highest BCUT2D eigenvalue weighted by atomic mass is 16.5. The van der Waals surface area contributed by atoms with Crippen LogP contribution < -0.4 is 10.9 Å². The van der Waals surface area contributed by atoms with Crippen LogP contribution >= 0.6 is 0 Å². The van der Waals surface area contributed by atoms with E-state index in [4.69, 9.17) is 13.9 Å². The van der Waals surface area contributed by atoms with Crippen LogP contribution in [0, 0.1) is 13.8 Å². The van der Waals surface area contributed by atoms with Crippen molar-refractivity contribution >= 4 is 22.6 Å². The molecule has 2 heterocycles. The maximum Gasteiger partial charge on any atom is 0.277 e. The smallest absolute Gasteiger partial charge is 0.277 e. The molecular formula is C16H24N4O5. The Kier molecular flexibility index (Phi) is 6.68. The molecule has 0 spiro atoms. The molecule has 2 N–H and O–H groups in total. The van der Waals surface area contributed by atoms with E-state index < -0.39 is 5.56 Å². The minimum Gasteiger partial charge on any atom is -0.444 e. The Morgan fingerprint density at radius 2 is 1.84 bits per heavy atom. The normalized spacial score (nSPS) is 11.4. The lowest BCUT2D eigenvalue weighted by Gasteiger charge is -2.20. The standard InChI is InChI=1S/C16H24N4O5/c1-10-13-11(2)25-16(14(13)15(22)19-18-10)17-12(21)9-20(5-7-23-3)6-8-24-4/h5-9H2,1-4H3,(H,17,21)(H,19,22). The van der Waals surface area contributed by atoms with E-state index in [1.54, 1.807) is 28.1 Å². The number of nitrogens with one attached hydrogen (secondary N) is 2. The highest BCUT2D eigenvalue weighted by molar-refractivity contribution is 6.01. The van der Waals surface area contributed by atoms with E-state index >= 15 is 0 Å². The molecular weight excluding hydrogens is 328 g/mol. The predicted octanol–water partition coefficient (Wildman–Crippen LogP) is 0.666. The highest BCUT2D eigenvalue weighted by Crippen LogP contribution is 2.28. The number of H-pyrrole nitrogens is 1. The first-order chi connectivity index (χ1) is 12.0. The fourth-order valence-electron chi connectivity index (χ4n) is 2.61. The number of amides is 1. The molecule has 0 fully saturated rings. The Morgan fingerprint density at radius 1 is 1.20 bits per heavy atom. The third kappa shape index (κ3) is 4.65. The molecule has 0 saturated heterocycles. The van der Waals surface area contributed by atoms with E-state index in [9.17, 15) is 9.59 Å². The fraction of sp³-hybridized carbons (Fsp3) is 0.562. The summed E-state index contributed by atoms with van der Waals surface area (Å²) in [7, 11) is 3.21. The predicted molar refractivity (Wildman–Crippen MR) is 92.9 cm³/mol. The SMILES string of the molecule is COCCN(CCOC)CC(=O)Nc1oc(C)c2c(C)n[nH]c(=O)c12. The van der Waals surface area contributed by atoms with Crippen molar-refractivity contribution in [3.63, 3.8) is 0 Å². The first-order valence-electron chi connectivity index (χ1n) is 7.96. The molecule has 9 heteroatoms. The first-order valence-corrected chi connectivity index (χ1v) is 7.96. The van der Waals surface area contributed by atoms with E-state index in [1.807, 2.05) is 4.90 Å². The van der Waals surface area contributed by atoms with E-state index in [-0.39, 0.29) is 18.3 Å². The lowest BCUT2D eigenvalue weighted by atomic mass is 10.2. The van der Waals surface area contributed by atoms with E-state index in [0.29, 0.717) is 48.5 Å². The third-order valence-corrected chi connectivity index (χ3v) is 3.84. The summed E-state index contributed by atoms with van der Waals surface area (Å²) in [6.07, 6.45) is 0. The van der Waals surface area contributed by atoms with Gasteiger partial charge in [0.25, 0.3) is 5.56 Å². The molecule has 0 aromatic carbocycles. The number of aromatic nitrogens is 2. The van der Waals surface area contributed by atoms with Gasteiger partial charge in [0.05, 0.1) is 30.8 Å². The molecule has 2 aromatic heterocycles. The number of nitrogens with zero attached hydrogens (tertiary/aromatic N) is 2. The maximum absolute atomic E-state index is 12.4. The number of fused-ring (bicyclic) bond motifs is 1. The van der Waals surface area contributed by atoms with Gasteiger partial charge in [-0.2, -0.15) is 5.10 Å². The van der Waals surface area contributed by atoms with Crippen LogP contribution in [0.5, 0.6) is 0 Å². The summed E-state index contributed by atoms with van der Waals surface area (Å²) in [5, 5.41) is 9.94. The lowest BCUT2D eigenvalue weighted by molar-refractivity contribution is -0.117. The number of carbonyl (C=O) groups excluding carboxylic acids is 1. The molecule has 9 nitrogen and oxygen atoms in total. The topological polar surface area (TPSA) is 110 Å². The zero-order chi connectivity index (χ0) is 18.4. The number of ether oxygens (including phenoxy) is 2. The van der Waals surface area contributed by atoms with Crippen molar-refractivity contribution in [3.05, 3.63) is 21.8 Å². The van der Waals surface area contributed by atoms with Crippen molar-refractivity contribution in [1.82, 2.24) is 15.1 Å². The highest BCUT2D eigenvalue weighted by Gasteiger charge is 2.19. The van der Waals surface area contributed by atoms with Gasteiger partial charge in [-0.3, -0.25) is 19.8 Å². The Balaban J connectivity index is 2.15. The molecule has 25 heavy (non-hydrogen) atoms. The number of rotatable bonds is 9. The number of hydrogen-bond acceptors (Lipinski definition) is 7. The quantitative estimate of drug-likeness (QED) is 0.682.